The number of nitrogens with one attached hydrogen (secondary N) is 1. The lowest BCUT2D eigenvalue weighted by molar-refractivity contribution is -0.174. The molecule has 116 valence electrons. The number of esters is 1. The number of nitrogens with two attached hydrogens (primary N) is 1. The number of ether oxygens (including phenoxy) is 1. The number of halogens is 3. The van der Waals surface area contributed by atoms with Gasteiger partial charge in [0.05, 0.1) is 6.61 Å². The predicted molar refractivity (Wildman–Crippen MR) is 78.8 cm³/mol. The zero-order valence-electron chi connectivity index (χ0n) is 11.7. The molecule has 4 nitrogen and oxygen atoms in total. The molecule has 0 amide bonds. The number of alkyl halides is 2. The number of aryl methyl sites for hydroxylation is 1. The largest absolute Gasteiger partial charge is 0.462 e. The van der Waals surface area contributed by atoms with Gasteiger partial charge in [-0.3, -0.25) is 0 Å². The second-order valence-electron chi connectivity index (χ2n) is 4.53. The van der Waals surface area contributed by atoms with Crippen molar-refractivity contribution in [1.82, 2.24) is 4.98 Å². The van der Waals surface area contributed by atoms with Crippen LogP contribution in [0.2, 0.25) is 0 Å². The van der Waals surface area contributed by atoms with Crippen LogP contribution in [-0.2, 0) is 9.53 Å². The molecule has 1 aromatic carbocycles. The number of carbonyl (C=O) groups is 1. The first kappa shape index (κ1) is 17.4. The van der Waals surface area contributed by atoms with Crippen LogP contribution >= 0.6 is 12.4 Å². The Kier molecular flexibility index (Phi) is 5.31. The Morgan fingerprint density at radius 2 is 2.05 bits per heavy atom. The topological polar surface area (TPSA) is 68.1 Å². The van der Waals surface area contributed by atoms with Crippen molar-refractivity contribution < 1.29 is 18.3 Å². The third kappa shape index (κ3) is 3.01. The minimum absolute atomic E-state index is 0. The van der Waals surface area contributed by atoms with Crippen LogP contribution in [0.5, 0.6) is 0 Å². The van der Waals surface area contributed by atoms with Gasteiger partial charge in [-0.15, -0.1) is 12.4 Å². The minimum Gasteiger partial charge on any atom is -0.462 e. The summed E-state index contributed by atoms with van der Waals surface area (Å²) in [6, 6.07) is 5.22. The number of hydrogen-bond acceptors (Lipinski definition) is 3. The quantitative estimate of drug-likeness (QED) is 0.851. The summed E-state index contributed by atoms with van der Waals surface area (Å²) in [5, 5.41) is 0.585. The molecule has 0 radical (unpaired) electrons. The number of aromatic amines is 1. The van der Waals surface area contributed by atoms with E-state index in [1.54, 1.807) is 31.2 Å². The summed E-state index contributed by atoms with van der Waals surface area (Å²) in [7, 11) is 0. The smallest absolute Gasteiger partial charge is 0.379 e. The van der Waals surface area contributed by atoms with Gasteiger partial charge in [0, 0.05) is 22.2 Å². The molecule has 0 aliphatic rings. The summed E-state index contributed by atoms with van der Waals surface area (Å²) in [6.07, 6.45) is 0. The molecule has 2 rings (SSSR count). The highest BCUT2D eigenvalue weighted by Crippen LogP contribution is 2.36. The summed E-state index contributed by atoms with van der Waals surface area (Å²) < 4.78 is 32.5. The SMILES string of the molecule is CCOC(=O)C(F)(F)[C@@H](N)c1c(C)[nH]c2ccccc12.Cl. The molecular formula is C14H17ClF2N2O2. The van der Waals surface area contributed by atoms with E-state index in [1.807, 2.05) is 0 Å². The molecule has 2 aromatic rings. The first-order valence-electron chi connectivity index (χ1n) is 6.27. The predicted octanol–water partition coefficient (Wildman–Crippen LogP) is 3.10. The van der Waals surface area contributed by atoms with Crippen molar-refractivity contribution >= 4 is 29.3 Å². The zero-order chi connectivity index (χ0) is 14.9. The molecule has 3 N–H and O–H groups in total. The van der Waals surface area contributed by atoms with Crippen LogP contribution in [0.15, 0.2) is 24.3 Å². The number of carbonyl (C=O) groups excluding carboxylic acids is 1. The Bertz CT molecular complexity index is 643. The minimum atomic E-state index is -3.77. The molecule has 21 heavy (non-hydrogen) atoms. The van der Waals surface area contributed by atoms with Crippen molar-refractivity contribution in [2.45, 2.75) is 25.8 Å². The van der Waals surface area contributed by atoms with Gasteiger partial charge in [-0.2, -0.15) is 8.78 Å². The fourth-order valence-electron chi connectivity index (χ4n) is 2.23. The van der Waals surface area contributed by atoms with Crippen LogP contribution in [0.3, 0.4) is 0 Å². The molecule has 7 heteroatoms. The molecule has 1 atom stereocenters. The van der Waals surface area contributed by atoms with Crippen LogP contribution in [0.4, 0.5) is 8.78 Å². The van der Waals surface area contributed by atoms with Crippen molar-refractivity contribution in [2.75, 3.05) is 6.61 Å². The van der Waals surface area contributed by atoms with Crippen LogP contribution in [0, 0.1) is 6.92 Å². The maximum absolute atomic E-state index is 14.1. The fourth-order valence-corrected chi connectivity index (χ4v) is 2.23. The van der Waals surface area contributed by atoms with Gasteiger partial charge in [-0.25, -0.2) is 4.79 Å². The van der Waals surface area contributed by atoms with Gasteiger partial charge in [-0.05, 0) is 19.9 Å². The van der Waals surface area contributed by atoms with Crippen molar-refractivity contribution in [3.8, 4) is 0 Å². The van der Waals surface area contributed by atoms with Crippen LogP contribution < -0.4 is 5.73 Å². The Hall–Kier alpha value is -1.66. The van der Waals surface area contributed by atoms with Gasteiger partial charge in [-0.1, -0.05) is 18.2 Å². The summed E-state index contributed by atoms with van der Waals surface area (Å²) in [5.41, 5.74) is 7.10. The molecule has 0 aliphatic heterocycles. The Balaban J connectivity index is 0.00000220. The monoisotopic (exact) mass is 318 g/mol. The number of aromatic nitrogens is 1. The van der Waals surface area contributed by atoms with Gasteiger partial charge in [0.2, 0.25) is 0 Å². The molecule has 1 heterocycles. The Morgan fingerprint density at radius 1 is 1.43 bits per heavy atom. The molecule has 0 saturated heterocycles. The van der Waals surface area contributed by atoms with Gasteiger partial charge in [0.15, 0.2) is 0 Å². The van der Waals surface area contributed by atoms with Gasteiger partial charge >= 0.3 is 11.9 Å². The molecule has 0 aliphatic carbocycles. The normalized spacial score (nSPS) is 12.8. The molecule has 0 unspecified atom stereocenters. The highest BCUT2D eigenvalue weighted by Gasteiger charge is 2.49. The van der Waals surface area contributed by atoms with Crippen molar-refractivity contribution in [3.63, 3.8) is 0 Å². The summed E-state index contributed by atoms with van der Waals surface area (Å²) in [4.78, 5) is 14.4. The van der Waals surface area contributed by atoms with Crippen LogP contribution in [-0.4, -0.2) is 23.5 Å². The number of rotatable bonds is 4. The zero-order valence-corrected chi connectivity index (χ0v) is 12.5. The lowest BCUT2D eigenvalue weighted by atomic mass is 9.98. The summed E-state index contributed by atoms with van der Waals surface area (Å²) >= 11 is 0. The first-order chi connectivity index (χ1) is 9.39. The Labute approximate surface area is 127 Å². The molecule has 0 bridgehead atoms. The van der Waals surface area contributed by atoms with E-state index in [-0.39, 0.29) is 24.6 Å². The van der Waals surface area contributed by atoms with E-state index in [4.69, 9.17) is 5.73 Å². The average Bonchev–Trinajstić information content (AvgIpc) is 2.73. The molecule has 0 fully saturated rings. The van der Waals surface area contributed by atoms with E-state index in [0.29, 0.717) is 16.6 Å². The van der Waals surface area contributed by atoms with E-state index < -0.39 is 17.9 Å². The maximum Gasteiger partial charge on any atom is 0.379 e. The molecule has 0 saturated carbocycles. The van der Waals surface area contributed by atoms with E-state index in [2.05, 4.69) is 9.72 Å². The highest BCUT2D eigenvalue weighted by atomic mass is 35.5. The van der Waals surface area contributed by atoms with E-state index in [1.165, 1.54) is 6.92 Å². The lowest BCUT2D eigenvalue weighted by Crippen LogP contribution is -2.42. The van der Waals surface area contributed by atoms with Crippen molar-refractivity contribution in [2.24, 2.45) is 5.73 Å². The Morgan fingerprint density at radius 3 is 2.67 bits per heavy atom. The van der Waals surface area contributed by atoms with Gasteiger partial charge in [0.1, 0.15) is 6.04 Å². The van der Waals surface area contributed by atoms with E-state index >= 15 is 0 Å². The second kappa shape index (κ2) is 6.41. The summed E-state index contributed by atoms with van der Waals surface area (Å²) in [5.74, 6) is -5.37. The number of fused-ring (bicyclic) bond motifs is 1. The number of H-pyrrole nitrogens is 1. The molecular weight excluding hydrogens is 302 g/mol. The lowest BCUT2D eigenvalue weighted by Gasteiger charge is -2.22. The van der Waals surface area contributed by atoms with Gasteiger partial charge in [0.25, 0.3) is 0 Å². The van der Waals surface area contributed by atoms with Crippen molar-refractivity contribution in [1.29, 1.82) is 0 Å². The standard InChI is InChI=1S/C14H16F2N2O2.ClH/c1-3-20-13(19)14(15,16)12(17)11-8(2)18-10-7-5-4-6-9(10)11;/h4-7,12,18H,3,17H2,1-2H3;1H/t12-;/m0./s1. The fraction of sp³-hybridized carbons (Fsp3) is 0.357. The third-order valence-corrected chi connectivity index (χ3v) is 3.19. The van der Waals surface area contributed by atoms with E-state index in [9.17, 15) is 13.6 Å². The van der Waals surface area contributed by atoms with Gasteiger partial charge < -0.3 is 15.5 Å². The average molecular weight is 319 g/mol. The molecule has 1 aromatic heterocycles. The highest BCUT2D eigenvalue weighted by molar-refractivity contribution is 5.87. The number of hydrogen-bond donors (Lipinski definition) is 2. The maximum atomic E-state index is 14.1. The molecule has 0 spiro atoms. The second-order valence-corrected chi connectivity index (χ2v) is 4.53. The third-order valence-electron chi connectivity index (χ3n) is 3.19. The van der Waals surface area contributed by atoms with Crippen molar-refractivity contribution in [3.05, 3.63) is 35.5 Å². The van der Waals surface area contributed by atoms with Crippen LogP contribution in [0.25, 0.3) is 10.9 Å². The van der Waals surface area contributed by atoms with E-state index in [0.717, 1.165) is 0 Å². The number of para-hydroxylation sites is 1. The summed E-state index contributed by atoms with van der Waals surface area (Å²) in [6.45, 7) is 3.00. The first-order valence-corrected chi connectivity index (χ1v) is 6.27. The number of benzene rings is 1. The van der Waals surface area contributed by atoms with Crippen LogP contribution in [0.1, 0.15) is 24.2 Å².